The summed E-state index contributed by atoms with van der Waals surface area (Å²) < 4.78 is 6.15. The summed E-state index contributed by atoms with van der Waals surface area (Å²) in [6.45, 7) is 2.07. The summed E-state index contributed by atoms with van der Waals surface area (Å²) in [6, 6.07) is 7.75. The van der Waals surface area contributed by atoms with E-state index in [0.29, 0.717) is 5.82 Å². The Morgan fingerprint density at radius 1 is 1.32 bits per heavy atom. The molecular weight excluding hydrogens is 306 g/mol. The maximum atomic E-state index is 5.23. The van der Waals surface area contributed by atoms with Crippen LogP contribution in [0.1, 0.15) is 12.6 Å². The third kappa shape index (κ3) is 2.87. The van der Waals surface area contributed by atoms with Crippen molar-refractivity contribution in [3.63, 3.8) is 0 Å². The lowest BCUT2D eigenvalue weighted by Crippen LogP contribution is -2.02. The van der Waals surface area contributed by atoms with Crippen LogP contribution in [0.2, 0.25) is 0 Å². The number of halogens is 1. The molecule has 2 aromatic rings. The van der Waals surface area contributed by atoms with Gasteiger partial charge in [-0.15, -0.1) is 0 Å². The average molecular weight is 322 g/mol. The molecule has 0 fully saturated rings. The molecule has 100 valence electrons. The molecule has 0 saturated heterocycles. The van der Waals surface area contributed by atoms with Crippen molar-refractivity contribution in [2.45, 2.75) is 13.3 Å². The maximum absolute atomic E-state index is 5.23. The van der Waals surface area contributed by atoms with Crippen LogP contribution in [0.15, 0.2) is 28.7 Å². The van der Waals surface area contributed by atoms with Gasteiger partial charge in [0.1, 0.15) is 11.6 Å². The minimum Gasteiger partial charge on any atom is -0.497 e. The lowest BCUT2D eigenvalue weighted by molar-refractivity contribution is 0.415. The summed E-state index contributed by atoms with van der Waals surface area (Å²) in [5, 5.41) is 3.08. The van der Waals surface area contributed by atoms with Gasteiger partial charge in [0, 0.05) is 12.6 Å². The normalized spacial score (nSPS) is 10.3. The number of nitrogens with zero attached hydrogens (tertiary/aromatic N) is 2. The van der Waals surface area contributed by atoms with Gasteiger partial charge in [-0.2, -0.15) is 0 Å². The molecule has 1 N–H and O–H groups in total. The Labute approximate surface area is 121 Å². The van der Waals surface area contributed by atoms with Crippen LogP contribution < -0.4 is 10.1 Å². The van der Waals surface area contributed by atoms with Gasteiger partial charge in [0.15, 0.2) is 5.82 Å². The Kier molecular flexibility index (Phi) is 4.37. The van der Waals surface area contributed by atoms with Crippen LogP contribution in [0.25, 0.3) is 11.4 Å². The maximum Gasteiger partial charge on any atom is 0.161 e. The zero-order valence-corrected chi connectivity index (χ0v) is 12.8. The lowest BCUT2D eigenvalue weighted by atomic mass is 10.2. The zero-order valence-electron chi connectivity index (χ0n) is 11.2. The van der Waals surface area contributed by atoms with Crippen LogP contribution in [-0.2, 0) is 6.42 Å². The fourth-order valence-electron chi connectivity index (χ4n) is 1.78. The van der Waals surface area contributed by atoms with Crippen molar-refractivity contribution in [2.75, 3.05) is 19.5 Å². The molecule has 1 heterocycles. The Balaban J connectivity index is 2.55. The van der Waals surface area contributed by atoms with Crippen molar-refractivity contribution in [1.29, 1.82) is 0 Å². The fraction of sp³-hybridized carbons (Fsp3) is 0.286. The van der Waals surface area contributed by atoms with Gasteiger partial charge in [-0.05, 0) is 34.5 Å². The number of ether oxygens (including phenoxy) is 1. The van der Waals surface area contributed by atoms with Gasteiger partial charge in [0.25, 0.3) is 0 Å². The number of hydrogen-bond donors (Lipinski definition) is 1. The highest BCUT2D eigenvalue weighted by atomic mass is 79.9. The molecule has 0 saturated carbocycles. The molecule has 0 unspecified atom stereocenters. The van der Waals surface area contributed by atoms with E-state index in [1.807, 2.05) is 31.3 Å². The van der Waals surface area contributed by atoms with E-state index in [4.69, 9.17) is 4.74 Å². The SMILES string of the molecule is CCc1nc(-c2cccc(OC)c2)nc(NC)c1Br. The zero-order chi connectivity index (χ0) is 13.8. The number of anilines is 1. The highest BCUT2D eigenvalue weighted by Gasteiger charge is 2.11. The van der Waals surface area contributed by atoms with Crippen LogP contribution in [0.5, 0.6) is 5.75 Å². The predicted molar refractivity (Wildman–Crippen MR) is 80.6 cm³/mol. The van der Waals surface area contributed by atoms with Gasteiger partial charge < -0.3 is 10.1 Å². The molecule has 0 aliphatic heterocycles. The highest BCUT2D eigenvalue weighted by Crippen LogP contribution is 2.28. The minimum atomic E-state index is 0.698. The van der Waals surface area contributed by atoms with E-state index < -0.39 is 0 Å². The van der Waals surface area contributed by atoms with Crippen molar-refractivity contribution in [3.8, 4) is 17.1 Å². The van der Waals surface area contributed by atoms with E-state index in [0.717, 1.165) is 33.7 Å². The van der Waals surface area contributed by atoms with Gasteiger partial charge in [0.2, 0.25) is 0 Å². The Morgan fingerprint density at radius 3 is 2.74 bits per heavy atom. The summed E-state index contributed by atoms with van der Waals surface area (Å²) in [4.78, 5) is 9.11. The third-order valence-electron chi connectivity index (χ3n) is 2.82. The number of nitrogens with one attached hydrogen (secondary N) is 1. The summed E-state index contributed by atoms with van der Waals surface area (Å²) in [7, 11) is 3.50. The van der Waals surface area contributed by atoms with E-state index in [2.05, 4.69) is 38.1 Å². The Hall–Kier alpha value is -1.62. The monoisotopic (exact) mass is 321 g/mol. The van der Waals surface area contributed by atoms with E-state index in [1.54, 1.807) is 7.11 Å². The molecule has 1 aromatic heterocycles. The molecule has 0 radical (unpaired) electrons. The second kappa shape index (κ2) is 6.02. The van der Waals surface area contributed by atoms with Crippen molar-refractivity contribution in [3.05, 3.63) is 34.4 Å². The average Bonchev–Trinajstić information content (AvgIpc) is 2.47. The molecule has 0 spiro atoms. The first-order chi connectivity index (χ1) is 9.19. The molecule has 0 bridgehead atoms. The van der Waals surface area contributed by atoms with Crippen LogP contribution in [-0.4, -0.2) is 24.1 Å². The second-order valence-electron chi connectivity index (χ2n) is 3.99. The van der Waals surface area contributed by atoms with Gasteiger partial charge in [-0.1, -0.05) is 19.1 Å². The van der Waals surface area contributed by atoms with Crippen LogP contribution in [0, 0.1) is 0 Å². The summed E-state index contributed by atoms with van der Waals surface area (Å²) in [5.41, 5.74) is 1.93. The van der Waals surface area contributed by atoms with Gasteiger partial charge >= 0.3 is 0 Å². The third-order valence-corrected chi connectivity index (χ3v) is 3.65. The van der Waals surface area contributed by atoms with Crippen LogP contribution >= 0.6 is 15.9 Å². The van der Waals surface area contributed by atoms with E-state index in [1.165, 1.54) is 0 Å². The molecule has 2 rings (SSSR count). The van der Waals surface area contributed by atoms with E-state index >= 15 is 0 Å². The Morgan fingerprint density at radius 2 is 2.11 bits per heavy atom. The van der Waals surface area contributed by atoms with Crippen molar-refractivity contribution in [1.82, 2.24) is 9.97 Å². The van der Waals surface area contributed by atoms with Gasteiger partial charge in [-0.25, -0.2) is 9.97 Å². The van der Waals surface area contributed by atoms with Gasteiger partial charge in [-0.3, -0.25) is 0 Å². The molecule has 0 aliphatic rings. The predicted octanol–water partition coefficient (Wildman–Crippen LogP) is 3.52. The molecule has 19 heavy (non-hydrogen) atoms. The first-order valence-corrected chi connectivity index (χ1v) is 6.87. The Bertz CT molecular complexity index is 562. The topological polar surface area (TPSA) is 47.0 Å². The number of hydrogen-bond acceptors (Lipinski definition) is 4. The molecule has 0 aliphatic carbocycles. The number of rotatable bonds is 4. The molecule has 0 amide bonds. The summed E-state index contributed by atoms with van der Waals surface area (Å²) in [5.74, 6) is 2.29. The number of benzene rings is 1. The number of aryl methyl sites for hydroxylation is 1. The van der Waals surface area contributed by atoms with Crippen LogP contribution in [0.4, 0.5) is 5.82 Å². The minimum absolute atomic E-state index is 0.698. The lowest BCUT2D eigenvalue weighted by Gasteiger charge is -2.10. The first kappa shape index (κ1) is 13.8. The molecule has 0 atom stereocenters. The van der Waals surface area contributed by atoms with Gasteiger partial charge in [0.05, 0.1) is 17.3 Å². The summed E-state index contributed by atoms with van der Waals surface area (Å²) in [6.07, 6.45) is 0.842. The first-order valence-electron chi connectivity index (χ1n) is 6.08. The van der Waals surface area contributed by atoms with E-state index in [-0.39, 0.29) is 0 Å². The fourth-order valence-corrected chi connectivity index (χ4v) is 2.44. The highest BCUT2D eigenvalue weighted by molar-refractivity contribution is 9.10. The number of aromatic nitrogens is 2. The standard InChI is InChI=1S/C14H16BrN3O/c1-4-11-12(15)14(16-2)18-13(17-11)9-6-5-7-10(8-9)19-3/h5-8H,4H2,1-3H3,(H,16,17,18). The van der Waals surface area contributed by atoms with E-state index in [9.17, 15) is 0 Å². The van der Waals surface area contributed by atoms with Crippen LogP contribution in [0.3, 0.4) is 0 Å². The summed E-state index contributed by atoms with van der Waals surface area (Å²) >= 11 is 3.52. The van der Waals surface area contributed by atoms with Crippen molar-refractivity contribution >= 4 is 21.7 Å². The second-order valence-corrected chi connectivity index (χ2v) is 4.79. The van der Waals surface area contributed by atoms with Crippen molar-refractivity contribution in [2.24, 2.45) is 0 Å². The molecular formula is C14H16BrN3O. The smallest absolute Gasteiger partial charge is 0.161 e. The molecule has 5 heteroatoms. The largest absolute Gasteiger partial charge is 0.497 e. The number of methoxy groups -OCH3 is 1. The molecule has 1 aromatic carbocycles. The van der Waals surface area contributed by atoms with Crippen molar-refractivity contribution < 1.29 is 4.74 Å². The quantitative estimate of drug-likeness (QED) is 0.936. The molecule has 4 nitrogen and oxygen atoms in total.